The molecule has 2 aromatic carbocycles. The van der Waals surface area contributed by atoms with Crippen LogP contribution in [0, 0.1) is 0 Å². The molecule has 4 rings (SSSR count). The molecule has 2 aliphatic rings. The lowest BCUT2D eigenvalue weighted by Crippen LogP contribution is -2.41. The van der Waals surface area contributed by atoms with E-state index in [-0.39, 0.29) is 0 Å². The molecule has 0 aromatic heterocycles. The third-order valence-corrected chi connectivity index (χ3v) is 5.71. The number of carbonyl (C=O) groups is 1. The Balaban J connectivity index is 1.38. The number of hydrogen-bond donors (Lipinski definition) is 1. The molecule has 2 aromatic rings. The Hall–Kier alpha value is -2.33. The van der Waals surface area contributed by atoms with Crippen molar-refractivity contribution in [2.24, 2.45) is 0 Å². The zero-order valence-corrected chi connectivity index (χ0v) is 15.0. The summed E-state index contributed by atoms with van der Waals surface area (Å²) in [6.07, 6.45) is 6.34. The summed E-state index contributed by atoms with van der Waals surface area (Å²) in [6, 6.07) is 14.1. The summed E-state index contributed by atoms with van der Waals surface area (Å²) in [6.45, 7) is 2.78. The topological polar surface area (TPSA) is 49.8 Å². The van der Waals surface area contributed by atoms with Crippen LogP contribution in [0.15, 0.2) is 42.5 Å². The van der Waals surface area contributed by atoms with Gasteiger partial charge in [0.05, 0.1) is 5.56 Å². The summed E-state index contributed by atoms with van der Waals surface area (Å²) in [5.41, 5.74) is 4.13. The van der Waals surface area contributed by atoms with Gasteiger partial charge >= 0.3 is 5.97 Å². The molecule has 0 spiro atoms. The fourth-order valence-electron chi connectivity index (χ4n) is 3.84. The van der Waals surface area contributed by atoms with Gasteiger partial charge < -0.3 is 9.84 Å². The maximum absolute atomic E-state index is 10.9. The Morgan fingerprint density at radius 2 is 1.77 bits per heavy atom. The summed E-state index contributed by atoms with van der Waals surface area (Å²) in [4.78, 5) is 13.6. The van der Waals surface area contributed by atoms with Gasteiger partial charge in [0.2, 0.25) is 0 Å². The highest BCUT2D eigenvalue weighted by Gasteiger charge is 2.26. The van der Waals surface area contributed by atoms with Crippen molar-refractivity contribution in [3.8, 4) is 5.75 Å². The van der Waals surface area contributed by atoms with Crippen molar-refractivity contribution in [3.63, 3.8) is 0 Å². The van der Waals surface area contributed by atoms with E-state index in [2.05, 4.69) is 23.1 Å². The maximum Gasteiger partial charge on any atom is 0.335 e. The Bertz CT molecular complexity index is 780. The van der Waals surface area contributed by atoms with E-state index in [4.69, 9.17) is 9.84 Å². The number of benzene rings is 2. The van der Waals surface area contributed by atoms with E-state index in [1.165, 1.54) is 36.9 Å². The molecule has 1 saturated carbocycles. The standard InChI is InChI=1S/C22H25NO3/c24-22(25)18-6-4-16(5-7-18)15-26-21-9-8-17-10-12-23(20-2-1-3-20)13-11-19(17)14-21/h4-9,14,20H,1-3,10-13,15H2,(H,24,25). The second-order valence-electron chi connectivity index (χ2n) is 7.34. The number of ether oxygens (including phenoxy) is 1. The van der Waals surface area contributed by atoms with Crippen LogP contribution >= 0.6 is 0 Å². The molecule has 1 fully saturated rings. The first-order valence-corrected chi connectivity index (χ1v) is 9.50. The molecule has 0 amide bonds. The zero-order valence-electron chi connectivity index (χ0n) is 15.0. The molecule has 4 heteroatoms. The summed E-state index contributed by atoms with van der Waals surface area (Å²) >= 11 is 0. The van der Waals surface area contributed by atoms with Gasteiger partial charge in [-0.2, -0.15) is 0 Å². The first-order chi connectivity index (χ1) is 12.7. The number of rotatable bonds is 5. The van der Waals surface area contributed by atoms with Gasteiger partial charge in [0.1, 0.15) is 12.4 Å². The molecule has 0 atom stereocenters. The second-order valence-corrected chi connectivity index (χ2v) is 7.34. The van der Waals surface area contributed by atoms with Crippen molar-refractivity contribution in [1.29, 1.82) is 0 Å². The molecule has 0 unspecified atom stereocenters. The van der Waals surface area contributed by atoms with Gasteiger partial charge in [0, 0.05) is 19.1 Å². The molecule has 136 valence electrons. The minimum Gasteiger partial charge on any atom is -0.489 e. The molecular formula is C22H25NO3. The normalized spacial score (nSPS) is 17.8. The maximum atomic E-state index is 10.9. The molecule has 4 nitrogen and oxygen atoms in total. The minimum absolute atomic E-state index is 0.301. The van der Waals surface area contributed by atoms with Crippen molar-refractivity contribution < 1.29 is 14.6 Å². The number of aromatic carboxylic acids is 1. The predicted molar refractivity (Wildman–Crippen MR) is 101 cm³/mol. The van der Waals surface area contributed by atoms with E-state index in [0.29, 0.717) is 12.2 Å². The number of carboxylic acids is 1. The molecule has 0 radical (unpaired) electrons. The number of hydrogen-bond acceptors (Lipinski definition) is 3. The van der Waals surface area contributed by atoms with E-state index in [9.17, 15) is 4.79 Å². The van der Waals surface area contributed by atoms with Crippen molar-refractivity contribution in [3.05, 3.63) is 64.7 Å². The molecule has 1 N–H and O–H groups in total. The summed E-state index contributed by atoms with van der Waals surface area (Å²) in [5.74, 6) is -0.0117. The summed E-state index contributed by atoms with van der Waals surface area (Å²) < 4.78 is 5.94. The van der Waals surface area contributed by atoms with E-state index in [0.717, 1.165) is 36.7 Å². The summed E-state index contributed by atoms with van der Waals surface area (Å²) in [7, 11) is 0. The first kappa shape index (κ1) is 17.1. The molecule has 0 saturated heterocycles. The van der Waals surface area contributed by atoms with Gasteiger partial charge in [-0.1, -0.05) is 24.6 Å². The zero-order chi connectivity index (χ0) is 17.9. The number of fused-ring (bicyclic) bond motifs is 1. The fraction of sp³-hybridized carbons (Fsp3) is 0.409. The Morgan fingerprint density at radius 1 is 1.04 bits per heavy atom. The summed E-state index contributed by atoms with van der Waals surface area (Å²) in [5, 5.41) is 8.96. The fourth-order valence-corrected chi connectivity index (χ4v) is 3.84. The van der Waals surface area contributed by atoms with Gasteiger partial charge in [0.25, 0.3) is 0 Å². The second kappa shape index (κ2) is 7.50. The van der Waals surface area contributed by atoms with Gasteiger partial charge in [-0.15, -0.1) is 0 Å². The lowest BCUT2D eigenvalue weighted by molar-refractivity contribution is 0.0697. The lowest BCUT2D eigenvalue weighted by Gasteiger charge is -2.36. The third kappa shape index (κ3) is 3.75. The SMILES string of the molecule is O=C(O)c1ccc(COc2ccc3c(c2)CCN(C2CCC2)CC3)cc1. The van der Waals surface area contributed by atoms with Crippen LogP contribution in [0.2, 0.25) is 0 Å². The van der Waals surface area contributed by atoms with Gasteiger partial charge in [-0.25, -0.2) is 4.79 Å². The van der Waals surface area contributed by atoms with Crippen LogP contribution in [-0.2, 0) is 19.4 Å². The highest BCUT2D eigenvalue weighted by Crippen LogP contribution is 2.28. The smallest absolute Gasteiger partial charge is 0.335 e. The first-order valence-electron chi connectivity index (χ1n) is 9.50. The van der Waals surface area contributed by atoms with Crippen LogP contribution in [0.5, 0.6) is 5.75 Å². The van der Waals surface area contributed by atoms with Gasteiger partial charge in [0.15, 0.2) is 0 Å². The van der Waals surface area contributed by atoms with E-state index >= 15 is 0 Å². The number of carboxylic acid groups (broad SMARTS) is 1. The average Bonchev–Trinajstić information content (AvgIpc) is 2.81. The molecule has 1 aliphatic heterocycles. The Morgan fingerprint density at radius 3 is 2.42 bits per heavy atom. The highest BCUT2D eigenvalue weighted by molar-refractivity contribution is 5.87. The van der Waals surface area contributed by atoms with E-state index < -0.39 is 5.97 Å². The lowest BCUT2D eigenvalue weighted by atomic mass is 9.91. The molecule has 1 aliphatic carbocycles. The highest BCUT2D eigenvalue weighted by atomic mass is 16.5. The van der Waals surface area contributed by atoms with Crippen LogP contribution in [0.1, 0.15) is 46.3 Å². The van der Waals surface area contributed by atoms with Crippen molar-refractivity contribution in [2.45, 2.75) is 44.8 Å². The van der Waals surface area contributed by atoms with Gasteiger partial charge in [-0.3, -0.25) is 4.90 Å². The molecular weight excluding hydrogens is 326 g/mol. The average molecular weight is 351 g/mol. The predicted octanol–water partition coefficient (Wildman–Crippen LogP) is 3.92. The van der Waals surface area contributed by atoms with Crippen molar-refractivity contribution in [2.75, 3.05) is 13.1 Å². The molecule has 26 heavy (non-hydrogen) atoms. The molecule has 0 bridgehead atoms. The van der Waals surface area contributed by atoms with Gasteiger partial charge in [-0.05, 0) is 66.6 Å². The van der Waals surface area contributed by atoms with Crippen LogP contribution < -0.4 is 4.74 Å². The van der Waals surface area contributed by atoms with Crippen LogP contribution in [0.4, 0.5) is 0 Å². The van der Waals surface area contributed by atoms with Crippen LogP contribution in [-0.4, -0.2) is 35.1 Å². The van der Waals surface area contributed by atoms with Crippen LogP contribution in [0.3, 0.4) is 0 Å². The Kier molecular flexibility index (Phi) is 4.93. The van der Waals surface area contributed by atoms with Crippen molar-refractivity contribution in [1.82, 2.24) is 4.90 Å². The quantitative estimate of drug-likeness (QED) is 0.887. The van der Waals surface area contributed by atoms with E-state index in [1.807, 2.05) is 12.1 Å². The largest absolute Gasteiger partial charge is 0.489 e. The van der Waals surface area contributed by atoms with E-state index in [1.54, 1.807) is 12.1 Å². The Labute approximate surface area is 154 Å². The minimum atomic E-state index is -0.904. The third-order valence-electron chi connectivity index (χ3n) is 5.71. The molecule has 1 heterocycles. The van der Waals surface area contributed by atoms with Crippen molar-refractivity contribution >= 4 is 5.97 Å². The van der Waals surface area contributed by atoms with Crippen LogP contribution in [0.25, 0.3) is 0 Å². The number of nitrogens with zero attached hydrogens (tertiary/aromatic N) is 1. The monoisotopic (exact) mass is 351 g/mol.